The molecule has 0 fully saturated rings. The first-order chi connectivity index (χ1) is 9.70. The summed E-state index contributed by atoms with van der Waals surface area (Å²) < 4.78 is 5.03. The van der Waals surface area contributed by atoms with Crippen molar-refractivity contribution in [3.05, 3.63) is 0 Å². The van der Waals surface area contributed by atoms with Gasteiger partial charge in [0.2, 0.25) is 0 Å². The second kappa shape index (κ2) is 9.19. The highest BCUT2D eigenvalue weighted by molar-refractivity contribution is 6.03. The predicted molar refractivity (Wildman–Crippen MR) is 86.2 cm³/mol. The zero-order valence-corrected chi connectivity index (χ0v) is 14.9. The Morgan fingerprint density at radius 2 is 1.62 bits per heavy atom. The maximum atomic E-state index is 12.6. The molecule has 0 heterocycles. The molecule has 0 radical (unpaired) electrons. The normalized spacial score (nSPS) is 12.3. The summed E-state index contributed by atoms with van der Waals surface area (Å²) >= 11 is 0. The van der Waals surface area contributed by atoms with Gasteiger partial charge >= 0.3 is 5.97 Å². The average Bonchev–Trinajstić information content (AvgIpc) is 2.39. The molecule has 4 nitrogen and oxygen atoms in total. The third-order valence-electron chi connectivity index (χ3n) is 3.89. The third-order valence-corrected chi connectivity index (χ3v) is 3.89. The summed E-state index contributed by atoms with van der Waals surface area (Å²) in [4.78, 5) is 26.7. The van der Waals surface area contributed by atoms with Gasteiger partial charge in [0.1, 0.15) is 5.41 Å². The largest absolute Gasteiger partial charge is 0.465 e. The number of ketones is 1. The molecule has 0 amide bonds. The van der Waals surface area contributed by atoms with Crippen LogP contribution in [0.2, 0.25) is 0 Å². The van der Waals surface area contributed by atoms with Crippen LogP contribution >= 0.6 is 0 Å². The smallest absolute Gasteiger partial charge is 0.319 e. The molecule has 0 aliphatic rings. The molecule has 0 aromatic carbocycles. The average molecular weight is 299 g/mol. The first-order valence-electron chi connectivity index (χ1n) is 8.15. The van der Waals surface area contributed by atoms with Crippen molar-refractivity contribution in [3.63, 3.8) is 0 Å². The van der Waals surface area contributed by atoms with Crippen LogP contribution in [-0.4, -0.2) is 42.4 Å². The van der Waals surface area contributed by atoms with Gasteiger partial charge in [0, 0.05) is 12.6 Å². The number of hydrogen-bond acceptors (Lipinski definition) is 4. The van der Waals surface area contributed by atoms with Crippen molar-refractivity contribution in [2.45, 2.75) is 67.3 Å². The van der Waals surface area contributed by atoms with E-state index in [4.69, 9.17) is 4.74 Å². The molecule has 0 saturated heterocycles. The monoisotopic (exact) mass is 299 g/mol. The lowest BCUT2D eigenvalue weighted by Gasteiger charge is -2.33. The van der Waals surface area contributed by atoms with Crippen LogP contribution in [0.1, 0.15) is 61.3 Å². The van der Waals surface area contributed by atoms with E-state index in [1.54, 1.807) is 20.8 Å². The molecule has 0 rings (SSSR count). The van der Waals surface area contributed by atoms with Crippen molar-refractivity contribution >= 4 is 11.8 Å². The molecule has 4 heteroatoms. The summed E-state index contributed by atoms with van der Waals surface area (Å²) in [6.07, 6.45) is 2.02. The van der Waals surface area contributed by atoms with Crippen molar-refractivity contribution in [3.8, 4) is 0 Å². The van der Waals surface area contributed by atoms with Gasteiger partial charge in [-0.1, -0.05) is 27.7 Å². The Balaban J connectivity index is 4.98. The molecule has 0 N–H and O–H groups in total. The van der Waals surface area contributed by atoms with E-state index in [0.717, 1.165) is 19.4 Å². The van der Waals surface area contributed by atoms with Gasteiger partial charge in [0.15, 0.2) is 5.78 Å². The van der Waals surface area contributed by atoms with E-state index in [9.17, 15) is 9.59 Å². The number of esters is 1. The number of hydrogen-bond donors (Lipinski definition) is 0. The second-order valence-corrected chi connectivity index (χ2v) is 6.56. The van der Waals surface area contributed by atoms with E-state index in [1.165, 1.54) is 0 Å². The van der Waals surface area contributed by atoms with Gasteiger partial charge in [0.25, 0.3) is 0 Å². The second-order valence-electron chi connectivity index (χ2n) is 6.56. The Bertz CT molecular complexity index is 333. The topological polar surface area (TPSA) is 46.6 Å². The molecule has 21 heavy (non-hydrogen) atoms. The van der Waals surface area contributed by atoms with Crippen molar-refractivity contribution in [1.29, 1.82) is 0 Å². The zero-order valence-electron chi connectivity index (χ0n) is 14.9. The lowest BCUT2D eigenvalue weighted by molar-refractivity contribution is -0.158. The number of Topliss-reactive ketones (excluding diaryl/α,β-unsaturated/α-hetero) is 1. The van der Waals surface area contributed by atoms with E-state index >= 15 is 0 Å². The highest BCUT2D eigenvalue weighted by atomic mass is 16.5. The quantitative estimate of drug-likeness (QED) is 0.459. The first-order valence-corrected chi connectivity index (χ1v) is 8.15. The number of carbonyl (C=O) groups excluding carboxylic acids is 2. The van der Waals surface area contributed by atoms with Gasteiger partial charge in [-0.3, -0.25) is 14.5 Å². The van der Waals surface area contributed by atoms with Crippen LogP contribution in [0.4, 0.5) is 0 Å². The number of ether oxygens (including phenoxy) is 1. The fourth-order valence-electron chi connectivity index (χ4n) is 2.42. The highest BCUT2D eigenvalue weighted by Crippen LogP contribution is 2.21. The molecular formula is C17H33NO3. The summed E-state index contributed by atoms with van der Waals surface area (Å²) in [6, 6.07) is 0.384. The summed E-state index contributed by atoms with van der Waals surface area (Å²) in [5.41, 5.74) is -1.07. The minimum Gasteiger partial charge on any atom is -0.465 e. The van der Waals surface area contributed by atoms with E-state index in [0.29, 0.717) is 25.1 Å². The van der Waals surface area contributed by atoms with Crippen LogP contribution < -0.4 is 0 Å². The molecule has 0 saturated carbocycles. The third kappa shape index (κ3) is 6.16. The van der Waals surface area contributed by atoms with Crippen molar-refractivity contribution in [2.24, 2.45) is 11.3 Å². The first kappa shape index (κ1) is 20.1. The van der Waals surface area contributed by atoms with E-state index in [1.807, 2.05) is 0 Å². The molecule has 0 bridgehead atoms. The number of carbonyl (C=O) groups is 2. The van der Waals surface area contributed by atoms with Crippen LogP contribution in [0.25, 0.3) is 0 Å². The van der Waals surface area contributed by atoms with Crippen molar-refractivity contribution in [2.75, 3.05) is 19.7 Å². The van der Waals surface area contributed by atoms with E-state index in [-0.39, 0.29) is 5.78 Å². The Labute approximate surface area is 130 Å². The predicted octanol–water partition coefficient (Wildman–Crippen LogP) is 3.29. The van der Waals surface area contributed by atoms with Crippen LogP contribution in [0.15, 0.2) is 0 Å². The minimum absolute atomic E-state index is 0.0616. The maximum absolute atomic E-state index is 12.6. The van der Waals surface area contributed by atoms with Crippen LogP contribution in [0.3, 0.4) is 0 Å². The standard InChI is InChI=1S/C17H33NO3/c1-8-14(9-2)18(11-13(4)5)12-15(19)17(6,7)16(20)21-10-3/h13-14H,8-12H2,1-7H3. The summed E-state index contributed by atoms with van der Waals surface area (Å²) in [6.45, 7) is 15.2. The zero-order chi connectivity index (χ0) is 16.6. The lowest BCUT2D eigenvalue weighted by Crippen LogP contribution is -2.46. The van der Waals surface area contributed by atoms with Gasteiger partial charge in [-0.25, -0.2) is 0 Å². The van der Waals surface area contributed by atoms with E-state index < -0.39 is 11.4 Å². The molecule has 0 aromatic rings. The Kier molecular flexibility index (Phi) is 8.79. The van der Waals surface area contributed by atoms with E-state index in [2.05, 4.69) is 32.6 Å². The molecule has 0 aliphatic heterocycles. The van der Waals surface area contributed by atoms with Crippen LogP contribution in [-0.2, 0) is 14.3 Å². The van der Waals surface area contributed by atoms with Crippen LogP contribution in [0.5, 0.6) is 0 Å². The van der Waals surface area contributed by atoms with Crippen molar-refractivity contribution in [1.82, 2.24) is 4.90 Å². The van der Waals surface area contributed by atoms with Gasteiger partial charge in [0.05, 0.1) is 13.2 Å². The molecular weight excluding hydrogens is 266 g/mol. The molecule has 0 spiro atoms. The van der Waals surface area contributed by atoms with Gasteiger partial charge in [-0.15, -0.1) is 0 Å². The fourth-order valence-corrected chi connectivity index (χ4v) is 2.42. The lowest BCUT2D eigenvalue weighted by atomic mass is 9.87. The summed E-state index contributed by atoms with van der Waals surface area (Å²) in [5.74, 6) is 0.00153. The number of nitrogens with zero attached hydrogens (tertiary/aromatic N) is 1. The molecule has 0 aliphatic carbocycles. The molecule has 0 unspecified atom stereocenters. The van der Waals surface area contributed by atoms with Gasteiger partial charge < -0.3 is 4.74 Å². The highest BCUT2D eigenvalue weighted by Gasteiger charge is 2.38. The molecule has 0 atom stereocenters. The fraction of sp³-hybridized carbons (Fsp3) is 0.882. The minimum atomic E-state index is -1.07. The van der Waals surface area contributed by atoms with Gasteiger partial charge in [-0.05, 0) is 39.5 Å². The van der Waals surface area contributed by atoms with Gasteiger partial charge in [-0.2, -0.15) is 0 Å². The van der Waals surface area contributed by atoms with Crippen LogP contribution in [0, 0.1) is 11.3 Å². The SMILES string of the molecule is CCOC(=O)C(C)(C)C(=O)CN(CC(C)C)C(CC)CC. The Morgan fingerprint density at radius 3 is 2.00 bits per heavy atom. The number of rotatable bonds is 10. The van der Waals surface area contributed by atoms with Crippen molar-refractivity contribution < 1.29 is 14.3 Å². The Hall–Kier alpha value is -0.900. The summed E-state index contributed by atoms with van der Waals surface area (Å²) in [5, 5.41) is 0. The Morgan fingerprint density at radius 1 is 1.10 bits per heavy atom. The summed E-state index contributed by atoms with van der Waals surface area (Å²) in [7, 11) is 0. The maximum Gasteiger partial charge on any atom is 0.319 e. The molecule has 0 aromatic heterocycles. The molecule has 124 valence electrons.